The molecule has 0 aromatic heterocycles. The van der Waals surface area contributed by atoms with Crippen molar-refractivity contribution in [3.05, 3.63) is 76.9 Å². The molecule has 0 fully saturated rings. The number of nitrogens with one attached hydrogen (secondary N) is 2. The summed E-state index contributed by atoms with van der Waals surface area (Å²) in [6.07, 6.45) is 7.72. The number of halogens is 1. The van der Waals surface area contributed by atoms with Crippen molar-refractivity contribution < 1.29 is 9.90 Å². The number of carboxylic acid groups (broad SMARTS) is 1. The fourth-order valence-corrected chi connectivity index (χ4v) is 2.65. The molecule has 0 aliphatic carbocycles. The third kappa shape index (κ3) is 6.01. The van der Waals surface area contributed by atoms with Gasteiger partial charge in [0, 0.05) is 11.3 Å². The van der Waals surface area contributed by atoms with Crippen molar-refractivity contribution in [1.82, 2.24) is 0 Å². The lowest BCUT2D eigenvalue weighted by Gasteiger charge is -2.18. The highest BCUT2D eigenvalue weighted by Gasteiger charge is 2.20. The van der Waals surface area contributed by atoms with Gasteiger partial charge < -0.3 is 16.2 Å². The Hall–Kier alpha value is -3.05. The van der Waals surface area contributed by atoms with Crippen LogP contribution in [0.15, 0.2) is 54.6 Å². The Labute approximate surface area is 165 Å². The molecule has 0 aliphatic rings. The lowest BCUT2D eigenvalue weighted by Crippen LogP contribution is -2.21. The average molecular weight is 386 g/mol. The predicted octanol–water partition coefficient (Wildman–Crippen LogP) is 4.70. The molecule has 0 spiro atoms. The molecule has 0 saturated carbocycles. The first-order valence-electron chi connectivity index (χ1n) is 8.28. The van der Waals surface area contributed by atoms with E-state index in [2.05, 4.69) is 5.32 Å². The number of amidine groups is 1. The molecule has 5 nitrogen and oxygen atoms in total. The number of aliphatic carboxylic acids is 1. The number of hydrogen-bond acceptors (Lipinski definition) is 3. The van der Waals surface area contributed by atoms with Crippen LogP contribution in [0.25, 0.3) is 12.2 Å². The average Bonchev–Trinajstić information content (AvgIpc) is 2.60. The van der Waals surface area contributed by atoms with E-state index in [1.807, 2.05) is 56.4 Å². The Morgan fingerprint density at radius 1 is 1.07 bits per heavy atom. The van der Waals surface area contributed by atoms with Gasteiger partial charge in [-0.05, 0) is 73.0 Å². The minimum absolute atomic E-state index is 0. The van der Waals surface area contributed by atoms with Crippen molar-refractivity contribution in [1.29, 1.82) is 5.41 Å². The molecule has 27 heavy (non-hydrogen) atoms. The van der Waals surface area contributed by atoms with Gasteiger partial charge in [-0.3, -0.25) is 5.41 Å². The molecular weight excluding hydrogens is 362 g/mol. The van der Waals surface area contributed by atoms with Gasteiger partial charge in [0.15, 0.2) is 6.04 Å². The molecule has 2 aromatic carbocycles. The maximum absolute atomic E-state index is 11.9. The molecule has 0 saturated heterocycles. The second-order valence-electron chi connectivity index (χ2n) is 5.84. The number of carbonyl (C=O) groups is 1. The molecule has 0 aliphatic heterocycles. The number of nitrogen functional groups attached to an aromatic ring is 1. The van der Waals surface area contributed by atoms with Gasteiger partial charge in [-0.2, -0.15) is 0 Å². The molecule has 142 valence electrons. The van der Waals surface area contributed by atoms with Crippen LogP contribution in [0.5, 0.6) is 0 Å². The predicted molar refractivity (Wildman–Crippen MR) is 115 cm³/mol. The molecule has 1 atom stereocenters. The Kier molecular flexibility index (Phi) is 8.30. The molecular formula is C21H24ClN3O2. The maximum Gasteiger partial charge on any atom is 0.330 e. The molecule has 0 heterocycles. The van der Waals surface area contributed by atoms with Crippen LogP contribution in [0.1, 0.15) is 42.1 Å². The summed E-state index contributed by atoms with van der Waals surface area (Å²) in [5.41, 5.74) is 9.24. The first-order chi connectivity index (χ1) is 12.4. The summed E-state index contributed by atoms with van der Waals surface area (Å²) in [5.74, 6) is -0.994. The van der Waals surface area contributed by atoms with Crippen molar-refractivity contribution in [3.8, 4) is 0 Å². The molecule has 1 unspecified atom stereocenters. The van der Waals surface area contributed by atoms with Gasteiger partial charge in [-0.1, -0.05) is 24.3 Å². The number of rotatable bonds is 7. The highest BCUT2D eigenvalue weighted by atomic mass is 35.5. The van der Waals surface area contributed by atoms with E-state index < -0.39 is 12.0 Å². The molecule has 0 bridgehead atoms. The smallest absolute Gasteiger partial charge is 0.330 e. The molecule has 0 radical (unpaired) electrons. The number of benzene rings is 2. The van der Waals surface area contributed by atoms with Crippen LogP contribution in [0.2, 0.25) is 0 Å². The van der Waals surface area contributed by atoms with E-state index in [1.165, 1.54) is 0 Å². The molecule has 2 rings (SSSR count). The van der Waals surface area contributed by atoms with Crippen LogP contribution in [0, 0.1) is 5.41 Å². The summed E-state index contributed by atoms with van der Waals surface area (Å²) in [6.45, 7) is 3.84. The summed E-state index contributed by atoms with van der Waals surface area (Å²) in [6, 6.07) is 11.6. The van der Waals surface area contributed by atoms with Crippen LogP contribution in [0.4, 0.5) is 5.69 Å². The molecule has 5 N–H and O–H groups in total. The van der Waals surface area contributed by atoms with E-state index in [1.54, 1.807) is 24.3 Å². The Morgan fingerprint density at radius 2 is 1.59 bits per heavy atom. The Morgan fingerprint density at radius 3 is 2.00 bits per heavy atom. The second kappa shape index (κ2) is 10.2. The zero-order chi connectivity index (χ0) is 19.1. The van der Waals surface area contributed by atoms with Crippen LogP contribution in [-0.2, 0) is 4.79 Å². The third-order valence-electron chi connectivity index (χ3n) is 3.81. The van der Waals surface area contributed by atoms with Gasteiger partial charge in [-0.25, -0.2) is 4.79 Å². The number of hydrogen-bond donors (Lipinski definition) is 4. The Balaban J connectivity index is 0.00000364. The standard InChI is InChI=1S/C21H23N3O2.ClH/c1-3-5-14-11-15(6-4-2)13-17(12-14)19(21(25)26)24-18-9-7-16(8-10-18)20(22)23;/h3-13,19,24H,1-2H3,(H3,22,23)(H,25,26);1H/b5-3-,6-4-;. The second-order valence-corrected chi connectivity index (χ2v) is 5.84. The van der Waals surface area contributed by atoms with Gasteiger partial charge >= 0.3 is 5.97 Å². The first kappa shape index (κ1) is 22.0. The summed E-state index contributed by atoms with van der Waals surface area (Å²) in [7, 11) is 0. The van der Waals surface area contributed by atoms with E-state index in [-0.39, 0.29) is 18.2 Å². The number of anilines is 1. The lowest BCUT2D eigenvalue weighted by atomic mass is 9.99. The van der Waals surface area contributed by atoms with Gasteiger partial charge in [0.05, 0.1) is 0 Å². The van der Waals surface area contributed by atoms with E-state index in [0.717, 1.165) is 11.1 Å². The van der Waals surface area contributed by atoms with E-state index in [0.29, 0.717) is 16.8 Å². The monoisotopic (exact) mass is 385 g/mol. The summed E-state index contributed by atoms with van der Waals surface area (Å²) in [4.78, 5) is 11.9. The normalized spacial score (nSPS) is 11.9. The fourth-order valence-electron chi connectivity index (χ4n) is 2.65. The number of nitrogens with two attached hydrogens (primary N) is 1. The highest BCUT2D eigenvalue weighted by molar-refractivity contribution is 5.95. The minimum atomic E-state index is -0.968. The van der Waals surface area contributed by atoms with Crippen LogP contribution < -0.4 is 11.1 Å². The van der Waals surface area contributed by atoms with Gasteiger partial charge in [0.1, 0.15) is 5.84 Å². The molecule has 0 amide bonds. The van der Waals surface area contributed by atoms with Gasteiger partial charge in [0.2, 0.25) is 0 Å². The highest BCUT2D eigenvalue weighted by Crippen LogP contribution is 2.24. The number of allylic oxidation sites excluding steroid dienone is 2. The zero-order valence-corrected chi connectivity index (χ0v) is 16.1. The van der Waals surface area contributed by atoms with Crippen molar-refractivity contribution in [2.75, 3.05) is 5.32 Å². The van der Waals surface area contributed by atoms with Crippen molar-refractivity contribution in [2.45, 2.75) is 19.9 Å². The lowest BCUT2D eigenvalue weighted by molar-refractivity contribution is -0.138. The topological polar surface area (TPSA) is 99.2 Å². The zero-order valence-electron chi connectivity index (χ0n) is 15.3. The quantitative estimate of drug-likeness (QED) is 0.410. The van der Waals surface area contributed by atoms with Crippen molar-refractivity contribution in [2.24, 2.45) is 5.73 Å². The summed E-state index contributed by atoms with van der Waals surface area (Å²) in [5, 5.41) is 20.2. The first-order valence-corrected chi connectivity index (χ1v) is 8.28. The minimum Gasteiger partial charge on any atom is -0.479 e. The Bertz CT molecular complexity index is 828. The van der Waals surface area contributed by atoms with Crippen LogP contribution in [-0.4, -0.2) is 16.9 Å². The molecule has 2 aromatic rings. The molecule has 6 heteroatoms. The van der Waals surface area contributed by atoms with E-state index in [9.17, 15) is 9.90 Å². The van der Waals surface area contributed by atoms with Crippen molar-refractivity contribution >= 4 is 42.1 Å². The SMILES string of the molecule is C/C=C\c1cc(/C=C\C)cc(C(Nc2ccc(C(=N)N)cc2)C(=O)O)c1.Cl. The third-order valence-corrected chi connectivity index (χ3v) is 3.81. The number of carboxylic acids is 1. The maximum atomic E-state index is 11.9. The summed E-state index contributed by atoms with van der Waals surface area (Å²) >= 11 is 0. The van der Waals surface area contributed by atoms with E-state index in [4.69, 9.17) is 11.1 Å². The largest absolute Gasteiger partial charge is 0.479 e. The fraction of sp³-hybridized carbons (Fsp3) is 0.143. The van der Waals surface area contributed by atoms with Crippen LogP contribution in [0.3, 0.4) is 0 Å². The summed E-state index contributed by atoms with van der Waals surface area (Å²) < 4.78 is 0. The van der Waals surface area contributed by atoms with Gasteiger partial charge in [-0.15, -0.1) is 12.4 Å². The van der Waals surface area contributed by atoms with Gasteiger partial charge in [0.25, 0.3) is 0 Å². The van der Waals surface area contributed by atoms with Crippen LogP contribution >= 0.6 is 12.4 Å². The van der Waals surface area contributed by atoms with Crippen molar-refractivity contribution in [3.63, 3.8) is 0 Å². The van der Waals surface area contributed by atoms with E-state index >= 15 is 0 Å².